The van der Waals surface area contributed by atoms with Crippen molar-refractivity contribution in [1.29, 1.82) is 0 Å². The third kappa shape index (κ3) is 5.19. The van der Waals surface area contributed by atoms with Gasteiger partial charge < -0.3 is 19.8 Å². The van der Waals surface area contributed by atoms with Crippen LogP contribution in [-0.2, 0) is 11.7 Å². The van der Waals surface area contributed by atoms with Crippen molar-refractivity contribution in [1.82, 2.24) is 19.3 Å². The van der Waals surface area contributed by atoms with E-state index in [1.807, 2.05) is 13.8 Å². The molecule has 220 valence electrons. The standard InChI is InChI=1S/C30H28F5N5O2/c1-15-11-39-12-18(8-22(27(39)37-15)30(33,34)35)28(41)40-13-20-21(14-40)25(20)42-24-10-19(29(2,3)36)9-23(38-24)16-4-6-17(7-5-16)26(31)32/h4-12,20-21,25-26H,13-14,36H2,1-3H3/t20-,21+,25?. The van der Waals surface area contributed by atoms with Gasteiger partial charge in [-0.1, -0.05) is 24.3 Å². The van der Waals surface area contributed by atoms with E-state index >= 15 is 0 Å². The number of nitrogens with zero attached hydrogens (tertiary/aromatic N) is 4. The lowest BCUT2D eigenvalue weighted by Gasteiger charge is -2.23. The summed E-state index contributed by atoms with van der Waals surface area (Å²) in [5.41, 5.74) is 6.58. The van der Waals surface area contributed by atoms with Gasteiger partial charge in [-0.15, -0.1) is 0 Å². The van der Waals surface area contributed by atoms with Gasteiger partial charge in [0.25, 0.3) is 12.3 Å². The molecule has 42 heavy (non-hydrogen) atoms. The second-order valence-electron chi connectivity index (χ2n) is 11.6. The first-order valence-electron chi connectivity index (χ1n) is 13.4. The molecule has 3 aromatic heterocycles. The van der Waals surface area contributed by atoms with Gasteiger partial charge in [0.2, 0.25) is 5.88 Å². The van der Waals surface area contributed by atoms with Crippen molar-refractivity contribution in [3.05, 3.63) is 82.8 Å². The molecule has 2 N–H and O–H groups in total. The number of ether oxygens (including phenoxy) is 1. The van der Waals surface area contributed by atoms with Crippen LogP contribution in [0, 0.1) is 18.8 Å². The van der Waals surface area contributed by atoms with Gasteiger partial charge in [0, 0.05) is 60.1 Å². The number of carbonyl (C=O) groups excluding carboxylic acids is 1. The number of nitrogens with two attached hydrogens (primary N) is 1. The average molecular weight is 586 g/mol. The fraction of sp³-hybridized carbons (Fsp3) is 0.367. The molecule has 7 nitrogen and oxygen atoms in total. The fourth-order valence-electron chi connectivity index (χ4n) is 5.57. The molecule has 1 saturated carbocycles. The Kier molecular flexibility index (Phi) is 6.52. The van der Waals surface area contributed by atoms with Crippen molar-refractivity contribution < 1.29 is 31.5 Å². The summed E-state index contributed by atoms with van der Waals surface area (Å²) < 4.78 is 74.7. The molecule has 1 unspecified atom stereocenters. The van der Waals surface area contributed by atoms with E-state index < -0.39 is 29.6 Å². The van der Waals surface area contributed by atoms with Crippen molar-refractivity contribution in [3.63, 3.8) is 0 Å². The van der Waals surface area contributed by atoms with Gasteiger partial charge in [0.05, 0.1) is 22.5 Å². The topological polar surface area (TPSA) is 85.8 Å². The third-order valence-electron chi connectivity index (χ3n) is 7.89. The molecular weight excluding hydrogens is 557 g/mol. The molecule has 0 radical (unpaired) electrons. The van der Waals surface area contributed by atoms with Gasteiger partial charge in [-0.3, -0.25) is 4.79 Å². The van der Waals surface area contributed by atoms with Gasteiger partial charge in [-0.05, 0) is 38.5 Å². The number of hydrogen-bond acceptors (Lipinski definition) is 5. The molecule has 1 aliphatic heterocycles. The minimum atomic E-state index is -4.66. The zero-order chi connectivity index (χ0) is 30.1. The SMILES string of the molecule is Cc1cn2cc(C(=O)N3C[C@@H]4C(Oc5cc(C(C)(C)N)cc(-c6ccc(C(F)F)cc6)n5)[C@@H]4C3)cc(C(F)(F)F)c2n1. The summed E-state index contributed by atoms with van der Waals surface area (Å²) in [4.78, 5) is 23.4. The molecule has 12 heteroatoms. The van der Waals surface area contributed by atoms with Crippen molar-refractivity contribution in [2.24, 2.45) is 17.6 Å². The quantitative estimate of drug-likeness (QED) is 0.281. The van der Waals surface area contributed by atoms with Gasteiger partial charge in [0.1, 0.15) is 11.8 Å². The highest BCUT2D eigenvalue weighted by Gasteiger charge is 2.59. The van der Waals surface area contributed by atoms with Crippen molar-refractivity contribution in [2.45, 2.75) is 45.0 Å². The number of alkyl halides is 5. The first-order valence-corrected chi connectivity index (χ1v) is 13.4. The predicted octanol–water partition coefficient (Wildman–Crippen LogP) is 6.00. The van der Waals surface area contributed by atoms with Crippen LogP contribution in [0.15, 0.2) is 54.9 Å². The maximum absolute atomic E-state index is 13.7. The van der Waals surface area contributed by atoms with Crippen LogP contribution in [0.5, 0.6) is 5.88 Å². The van der Waals surface area contributed by atoms with Crippen LogP contribution in [0.2, 0.25) is 0 Å². The number of fused-ring (bicyclic) bond motifs is 2. The number of benzene rings is 1. The molecular formula is C30H28F5N5O2. The number of rotatable bonds is 6. The first kappa shape index (κ1) is 28.1. The number of carbonyl (C=O) groups is 1. The van der Waals surface area contributed by atoms with Gasteiger partial charge in [0.15, 0.2) is 0 Å². The largest absolute Gasteiger partial charge is 0.474 e. The van der Waals surface area contributed by atoms with Crippen LogP contribution in [0.25, 0.3) is 16.9 Å². The number of aryl methyl sites for hydroxylation is 1. The van der Waals surface area contributed by atoms with Crippen molar-refractivity contribution >= 4 is 11.6 Å². The summed E-state index contributed by atoms with van der Waals surface area (Å²) in [7, 11) is 0. The highest BCUT2D eigenvalue weighted by atomic mass is 19.4. The van der Waals surface area contributed by atoms with E-state index in [4.69, 9.17) is 10.5 Å². The smallest absolute Gasteiger partial charge is 0.420 e. The maximum atomic E-state index is 13.7. The molecule has 0 spiro atoms. The number of aromatic nitrogens is 3. The Morgan fingerprint density at radius 3 is 2.29 bits per heavy atom. The van der Waals surface area contributed by atoms with Crippen LogP contribution >= 0.6 is 0 Å². The summed E-state index contributed by atoms with van der Waals surface area (Å²) in [5.74, 6) is -0.160. The number of imidazole rings is 1. The Hall–Kier alpha value is -4.06. The maximum Gasteiger partial charge on any atom is 0.420 e. The molecule has 0 bridgehead atoms. The molecule has 2 fully saturated rings. The molecule has 1 aromatic carbocycles. The summed E-state index contributed by atoms with van der Waals surface area (Å²) >= 11 is 0. The highest BCUT2D eigenvalue weighted by molar-refractivity contribution is 5.95. The zero-order valence-electron chi connectivity index (χ0n) is 23.0. The molecule has 3 atom stereocenters. The van der Waals surface area contributed by atoms with Crippen LogP contribution in [0.1, 0.15) is 53.0 Å². The molecule has 1 saturated heterocycles. The van der Waals surface area contributed by atoms with Crippen LogP contribution in [0.4, 0.5) is 22.0 Å². The minimum Gasteiger partial charge on any atom is -0.474 e. The van der Waals surface area contributed by atoms with E-state index in [0.29, 0.717) is 35.9 Å². The molecule has 1 aliphatic carbocycles. The Morgan fingerprint density at radius 2 is 1.69 bits per heavy atom. The van der Waals surface area contributed by atoms with E-state index in [1.165, 1.54) is 28.9 Å². The van der Waals surface area contributed by atoms with E-state index in [2.05, 4.69) is 9.97 Å². The number of pyridine rings is 2. The Labute approximate surface area is 238 Å². The molecule has 4 aromatic rings. The molecule has 6 rings (SSSR count). The first-order chi connectivity index (χ1) is 19.7. The van der Waals surface area contributed by atoms with E-state index in [0.717, 1.165) is 11.6 Å². The molecule has 2 aliphatic rings. The normalized spacial score (nSPS) is 20.3. The van der Waals surface area contributed by atoms with E-state index in [-0.39, 0.29) is 34.7 Å². The lowest BCUT2D eigenvalue weighted by Crippen LogP contribution is -2.33. The highest BCUT2D eigenvalue weighted by Crippen LogP contribution is 2.48. The van der Waals surface area contributed by atoms with Crippen molar-refractivity contribution in [3.8, 4) is 17.1 Å². The van der Waals surface area contributed by atoms with Crippen molar-refractivity contribution in [2.75, 3.05) is 13.1 Å². The molecule has 1 amide bonds. The number of piperidine rings is 1. The fourth-order valence-corrected chi connectivity index (χ4v) is 5.57. The number of amides is 1. The number of hydrogen-bond donors (Lipinski definition) is 1. The second kappa shape index (κ2) is 9.75. The summed E-state index contributed by atoms with van der Waals surface area (Å²) in [6, 6.07) is 10.2. The Balaban J connectivity index is 1.19. The lowest BCUT2D eigenvalue weighted by molar-refractivity contribution is -0.136. The third-order valence-corrected chi connectivity index (χ3v) is 7.89. The predicted molar refractivity (Wildman–Crippen MR) is 144 cm³/mol. The van der Waals surface area contributed by atoms with Gasteiger partial charge in [-0.25, -0.2) is 18.7 Å². The van der Waals surface area contributed by atoms with E-state index in [9.17, 15) is 26.7 Å². The molecule has 4 heterocycles. The lowest BCUT2D eigenvalue weighted by atomic mass is 9.94. The summed E-state index contributed by atoms with van der Waals surface area (Å²) in [5, 5.41) is 0. The van der Waals surface area contributed by atoms with E-state index in [1.54, 1.807) is 36.1 Å². The number of likely N-dealkylation sites (tertiary alicyclic amines) is 1. The number of halogens is 5. The Morgan fingerprint density at radius 1 is 1.02 bits per heavy atom. The zero-order valence-corrected chi connectivity index (χ0v) is 23.0. The monoisotopic (exact) mass is 585 g/mol. The van der Waals surface area contributed by atoms with Gasteiger partial charge >= 0.3 is 6.18 Å². The van der Waals surface area contributed by atoms with Crippen LogP contribution in [-0.4, -0.2) is 44.4 Å². The Bertz CT molecular complexity index is 1660. The minimum absolute atomic E-state index is 0.000347. The van der Waals surface area contributed by atoms with Crippen LogP contribution < -0.4 is 10.5 Å². The second-order valence-corrected chi connectivity index (χ2v) is 11.6. The average Bonchev–Trinajstić information content (AvgIpc) is 3.23. The summed E-state index contributed by atoms with van der Waals surface area (Å²) in [6.45, 7) is 5.92. The van der Waals surface area contributed by atoms with Gasteiger partial charge in [-0.2, -0.15) is 13.2 Å². The van der Waals surface area contributed by atoms with Crippen LogP contribution in [0.3, 0.4) is 0 Å². The summed E-state index contributed by atoms with van der Waals surface area (Å²) in [6.07, 6.45) is -4.63.